The number of ether oxygens (including phenoxy) is 2. The van der Waals surface area contributed by atoms with E-state index in [4.69, 9.17) is 21.1 Å². The fourth-order valence-electron chi connectivity index (χ4n) is 2.68. The number of aromatic nitrogens is 4. The van der Waals surface area contributed by atoms with E-state index in [0.717, 1.165) is 0 Å². The fourth-order valence-corrected chi connectivity index (χ4v) is 3.17. The second-order valence-electron chi connectivity index (χ2n) is 8.65. The van der Waals surface area contributed by atoms with Crippen LogP contribution in [0.15, 0.2) is 6.07 Å². The Hall–Kier alpha value is -2.49. The summed E-state index contributed by atoms with van der Waals surface area (Å²) in [6.07, 6.45) is 0. The van der Waals surface area contributed by atoms with Crippen molar-refractivity contribution < 1.29 is 27.8 Å². The lowest BCUT2D eigenvalue weighted by molar-refractivity contribution is 0.0504. The lowest BCUT2D eigenvalue weighted by atomic mass is 9.91. The maximum atomic E-state index is 12.9. The average Bonchev–Trinajstić information content (AvgIpc) is 3.29. The third-order valence-electron chi connectivity index (χ3n) is 4.83. The van der Waals surface area contributed by atoms with Gasteiger partial charge in [0.05, 0.1) is 29.6 Å². The van der Waals surface area contributed by atoms with Gasteiger partial charge in [-0.25, -0.2) is 9.59 Å². The minimum atomic E-state index is -0.820. The lowest BCUT2D eigenvalue weighted by Gasteiger charge is -2.17. The molecule has 0 saturated carbocycles. The molecule has 0 aliphatic heterocycles. The molecule has 2 aromatic heterocycles. The van der Waals surface area contributed by atoms with E-state index >= 15 is 0 Å². The van der Waals surface area contributed by atoms with E-state index in [1.54, 1.807) is 61.7 Å². The summed E-state index contributed by atoms with van der Waals surface area (Å²) >= 11 is 6.07. The van der Waals surface area contributed by atoms with Gasteiger partial charge in [-0.3, -0.25) is 18.1 Å². The first-order valence-electron chi connectivity index (χ1n) is 10.5. The number of carbonyl (C=O) groups is 2. The SMILES string of the molecule is CCOC(=O)c1c(Cl)c(C(C)(C)CF)nn1C.CCOC(=O)c1cc(C(C)(C)CF)nn1C. The number of alkyl halides is 2. The number of halogens is 3. The van der Waals surface area contributed by atoms with Crippen molar-refractivity contribution in [3.8, 4) is 0 Å². The van der Waals surface area contributed by atoms with Crippen LogP contribution in [0.25, 0.3) is 0 Å². The van der Waals surface area contributed by atoms with E-state index in [0.29, 0.717) is 23.7 Å². The summed E-state index contributed by atoms with van der Waals surface area (Å²) in [5.41, 5.74) is -0.0709. The number of aryl methyl sites for hydroxylation is 2. The fraction of sp³-hybridized carbons (Fsp3) is 0.636. The first-order chi connectivity index (χ1) is 15.3. The van der Waals surface area contributed by atoms with Gasteiger partial charge in [0.25, 0.3) is 0 Å². The van der Waals surface area contributed by atoms with Crippen molar-refractivity contribution in [1.29, 1.82) is 0 Å². The first kappa shape index (κ1) is 28.5. The molecule has 0 atom stereocenters. The van der Waals surface area contributed by atoms with E-state index in [1.807, 2.05) is 0 Å². The monoisotopic (exact) mass is 490 g/mol. The van der Waals surface area contributed by atoms with Crippen molar-refractivity contribution in [3.63, 3.8) is 0 Å². The summed E-state index contributed by atoms with van der Waals surface area (Å²) in [5, 5.41) is 8.39. The van der Waals surface area contributed by atoms with Crippen LogP contribution in [0.4, 0.5) is 8.78 Å². The molecule has 0 bridgehead atoms. The maximum absolute atomic E-state index is 12.9. The second kappa shape index (κ2) is 11.6. The normalized spacial score (nSPS) is 11.6. The van der Waals surface area contributed by atoms with Crippen molar-refractivity contribution in [2.75, 3.05) is 26.6 Å². The summed E-state index contributed by atoms with van der Waals surface area (Å²) in [6.45, 7) is 9.71. The van der Waals surface area contributed by atoms with Crippen LogP contribution in [-0.2, 0) is 34.4 Å². The molecule has 0 saturated heterocycles. The predicted octanol–water partition coefficient (Wildman–Crippen LogP) is 4.34. The Morgan fingerprint density at radius 2 is 1.45 bits per heavy atom. The van der Waals surface area contributed by atoms with Crippen molar-refractivity contribution in [1.82, 2.24) is 19.6 Å². The quantitative estimate of drug-likeness (QED) is 0.511. The maximum Gasteiger partial charge on any atom is 0.358 e. The average molecular weight is 491 g/mol. The zero-order chi connectivity index (χ0) is 25.6. The van der Waals surface area contributed by atoms with Crippen molar-refractivity contribution in [2.45, 2.75) is 52.4 Å². The Balaban J connectivity index is 0.000000331. The van der Waals surface area contributed by atoms with E-state index in [-0.39, 0.29) is 17.3 Å². The molecule has 0 N–H and O–H groups in total. The van der Waals surface area contributed by atoms with Crippen molar-refractivity contribution in [3.05, 3.63) is 33.9 Å². The highest BCUT2D eigenvalue weighted by molar-refractivity contribution is 6.34. The molecule has 2 rings (SSSR count). The highest BCUT2D eigenvalue weighted by Gasteiger charge is 2.32. The van der Waals surface area contributed by atoms with Gasteiger partial charge >= 0.3 is 11.9 Å². The van der Waals surface area contributed by atoms with Crippen LogP contribution >= 0.6 is 11.6 Å². The van der Waals surface area contributed by atoms with Gasteiger partial charge in [0, 0.05) is 24.9 Å². The second-order valence-corrected chi connectivity index (χ2v) is 9.03. The molecule has 0 amide bonds. The molecule has 0 spiro atoms. The minimum Gasteiger partial charge on any atom is -0.461 e. The molecular weight excluding hydrogens is 458 g/mol. The highest BCUT2D eigenvalue weighted by Crippen LogP contribution is 2.32. The molecule has 0 aliphatic carbocycles. The topological polar surface area (TPSA) is 88.2 Å². The summed E-state index contributed by atoms with van der Waals surface area (Å²) in [5.74, 6) is -0.980. The number of carbonyl (C=O) groups excluding carboxylic acids is 2. The number of rotatable bonds is 8. The summed E-state index contributed by atoms with van der Waals surface area (Å²) in [4.78, 5) is 23.2. The largest absolute Gasteiger partial charge is 0.461 e. The zero-order valence-electron chi connectivity index (χ0n) is 20.5. The number of nitrogens with zero attached hydrogens (tertiary/aromatic N) is 4. The molecule has 11 heteroatoms. The smallest absolute Gasteiger partial charge is 0.358 e. The van der Waals surface area contributed by atoms with Gasteiger partial charge in [0.2, 0.25) is 0 Å². The summed E-state index contributed by atoms with van der Waals surface area (Å²) < 4.78 is 38.2. The Morgan fingerprint density at radius 1 is 0.939 bits per heavy atom. The van der Waals surface area contributed by atoms with E-state index in [2.05, 4.69) is 10.2 Å². The van der Waals surface area contributed by atoms with E-state index < -0.39 is 36.1 Å². The van der Waals surface area contributed by atoms with Crippen LogP contribution in [0.5, 0.6) is 0 Å². The molecule has 0 unspecified atom stereocenters. The van der Waals surface area contributed by atoms with Gasteiger partial charge in [-0.2, -0.15) is 10.2 Å². The Bertz CT molecular complexity index is 970. The van der Waals surface area contributed by atoms with Gasteiger partial charge in [-0.05, 0) is 19.9 Å². The van der Waals surface area contributed by atoms with Crippen LogP contribution in [0.2, 0.25) is 5.02 Å². The molecule has 2 heterocycles. The zero-order valence-corrected chi connectivity index (χ0v) is 21.2. The van der Waals surface area contributed by atoms with Crippen LogP contribution in [0.3, 0.4) is 0 Å². The summed E-state index contributed by atoms with van der Waals surface area (Å²) in [7, 11) is 3.22. The molecule has 0 fully saturated rings. The highest BCUT2D eigenvalue weighted by atomic mass is 35.5. The molecule has 2 aromatic rings. The number of hydrogen-bond donors (Lipinski definition) is 0. The molecule has 0 aromatic carbocycles. The van der Waals surface area contributed by atoms with Crippen molar-refractivity contribution in [2.24, 2.45) is 14.1 Å². The Labute approximate surface area is 198 Å². The van der Waals surface area contributed by atoms with Gasteiger partial charge in [0.1, 0.15) is 19.0 Å². The number of hydrogen-bond acceptors (Lipinski definition) is 6. The van der Waals surface area contributed by atoms with Gasteiger partial charge in [0.15, 0.2) is 5.69 Å². The van der Waals surface area contributed by atoms with E-state index in [1.165, 1.54) is 9.36 Å². The van der Waals surface area contributed by atoms with Crippen molar-refractivity contribution >= 4 is 23.5 Å². The molecule has 33 heavy (non-hydrogen) atoms. The van der Waals surface area contributed by atoms with Crippen LogP contribution in [0.1, 0.15) is 73.9 Å². The van der Waals surface area contributed by atoms with E-state index in [9.17, 15) is 18.4 Å². The van der Waals surface area contributed by atoms with Gasteiger partial charge in [-0.1, -0.05) is 39.3 Å². The van der Waals surface area contributed by atoms with Gasteiger partial charge in [-0.15, -0.1) is 0 Å². The van der Waals surface area contributed by atoms with Crippen LogP contribution in [0, 0.1) is 0 Å². The molecular formula is C22H33ClF2N4O4. The van der Waals surface area contributed by atoms with Crippen LogP contribution in [-0.4, -0.2) is 58.1 Å². The lowest BCUT2D eigenvalue weighted by Crippen LogP contribution is -2.21. The Kier molecular flexibility index (Phi) is 10.0. The third kappa shape index (κ3) is 6.75. The first-order valence-corrected chi connectivity index (χ1v) is 10.9. The van der Waals surface area contributed by atoms with Gasteiger partial charge < -0.3 is 9.47 Å². The van der Waals surface area contributed by atoms with Crippen LogP contribution < -0.4 is 0 Å². The third-order valence-corrected chi connectivity index (χ3v) is 5.18. The molecule has 0 radical (unpaired) electrons. The molecule has 8 nitrogen and oxygen atoms in total. The molecule has 186 valence electrons. The minimum absolute atomic E-state index is 0.157. The Morgan fingerprint density at radius 3 is 1.94 bits per heavy atom. The number of esters is 2. The molecule has 0 aliphatic rings. The summed E-state index contributed by atoms with van der Waals surface area (Å²) in [6, 6.07) is 1.58. The predicted molar refractivity (Wildman–Crippen MR) is 121 cm³/mol. The standard InChI is InChI=1S/C11H16ClFN2O2.C11H17FN2O2/c1-5-17-10(16)8-7(12)9(14-15(8)4)11(2,3)6-13;1-5-16-10(15)8-6-9(13-14(8)4)11(2,3)7-12/h5-6H2,1-4H3;6H,5,7H2,1-4H3.